The minimum Gasteiger partial charge on any atom is -0.356 e. The fourth-order valence-electron chi connectivity index (χ4n) is 4.71. The second-order valence-electron chi connectivity index (χ2n) is 9.45. The Morgan fingerprint density at radius 2 is 1.43 bits per heavy atom. The predicted octanol–water partition coefficient (Wildman–Crippen LogP) is 4.40. The average molecular weight is 508 g/mol. The van der Waals surface area contributed by atoms with Crippen molar-refractivity contribution in [2.24, 2.45) is 11.8 Å². The van der Waals surface area contributed by atoms with Gasteiger partial charge in [0, 0.05) is 25.6 Å². The van der Waals surface area contributed by atoms with E-state index < -0.39 is 35.8 Å². The Kier molecular flexibility index (Phi) is 9.06. The maximum atomic E-state index is 13.0. The van der Waals surface area contributed by atoms with Gasteiger partial charge in [-0.25, -0.2) is 0 Å². The number of carbonyl (C=O) groups is 2. The van der Waals surface area contributed by atoms with E-state index in [1.165, 1.54) is 0 Å². The molecule has 2 N–H and O–H groups in total. The van der Waals surface area contributed by atoms with Crippen LogP contribution in [-0.2, 0) is 28.4 Å². The van der Waals surface area contributed by atoms with Crippen molar-refractivity contribution in [1.82, 2.24) is 15.5 Å². The molecule has 1 saturated heterocycles. The van der Waals surface area contributed by atoms with Crippen molar-refractivity contribution in [2.45, 2.75) is 57.3 Å². The molecular weight excluding hydrogens is 476 g/mol. The third-order valence-corrected chi connectivity index (χ3v) is 6.76. The van der Waals surface area contributed by atoms with E-state index in [9.17, 15) is 35.9 Å². The molecule has 3 rings (SSSR count). The van der Waals surface area contributed by atoms with Crippen LogP contribution >= 0.6 is 0 Å². The van der Waals surface area contributed by atoms with Crippen molar-refractivity contribution in [3.8, 4) is 0 Å². The summed E-state index contributed by atoms with van der Waals surface area (Å²) < 4.78 is 77.9. The number of carbonyl (C=O) groups excluding carboxylic acids is 2. The number of amides is 2. The Morgan fingerprint density at radius 1 is 0.857 bits per heavy atom. The third kappa shape index (κ3) is 8.40. The number of benzene rings is 1. The molecule has 2 aliphatic rings. The van der Waals surface area contributed by atoms with Gasteiger partial charge in [-0.1, -0.05) is 12.8 Å². The van der Waals surface area contributed by atoms with E-state index in [0.29, 0.717) is 25.2 Å². The fraction of sp³-hybridized carbons (Fsp3) is 0.667. The molecule has 0 atom stereocenters. The molecule has 196 valence electrons. The van der Waals surface area contributed by atoms with Gasteiger partial charge in [0.25, 0.3) is 0 Å². The molecule has 5 nitrogen and oxygen atoms in total. The zero-order valence-electron chi connectivity index (χ0n) is 19.4. The quantitative estimate of drug-likeness (QED) is 0.513. The number of hydrogen-bond acceptors (Lipinski definition) is 3. The molecule has 0 unspecified atom stereocenters. The average Bonchev–Trinajstić information content (AvgIpc) is 3.32. The highest BCUT2D eigenvalue weighted by Gasteiger charge is 2.37. The van der Waals surface area contributed by atoms with Crippen LogP contribution in [0.1, 0.15) is 55.2 Å². The first kappa shape index (κ1) is 27.3. The number of nitrogens with one attached hydrogen (secondary N) is 2. The summed E-state index contributed by atoms with van der Waals surface area (Å²) >= 11 is 0. The summed E-state index contributed by atoms with van der Waals surface area (Å²) in [5.41, 5.74) is -3.19. The molecule has 2 fully saturated rings. The van der Waals surface area contributed by atoms with Crippen molar-refractivity contribution in [3.63, 3.8) is 0 Å². The zero-order valence-corrected chi connectivity index (χ0v) is 19.4. The second kappa shape index (κ2) is 11.6. The first-order valence-electron chi connectivity index (χ1n) is 12.0. The number of nitrogens with zero attached hydrogens (tertiary/aromatic N) is 1. The van der Waals surface area contributed by atoms with Crippen LogP contribution in [0, 0.1) is 11.8 Å². The van der Waals surface area contributed by atoms with Gasteiger partial charge in [-0.05, 0) is 68.5 Å². The molecule has 1 aromatic rings. The molecule has 0 spiro atoms. The minimum atomic E-state index is -4.94. The molecule has 1 heterocycles. The van der Waals surface area contributed by atoms with Gasteiger partial charge in [0.1, 0.15) is 0 Å². The Labute approximate surface area is 200 Å². The Bertz CT molecular complexity index is 841. The van der Waals surface area contributed by atoms with Crippen LogP contribution in [0.25, 0.3) is 0 Å². The molecule has 0 bridgehead atoms. The van der Waals surface area contributed by atoms with E-state index in [0.717, 1.165) is 58.2 Å². The van der Waals surface area contributed by atoms with E-state index in [1.807, 2.05) is 0 Å². The van der Waals surface area contributed by atoms with E-state index in [1.54, 1.807) is 0 Å². The third-order valence-electron chi connectivity index (χ3n) is 6.76. The number of likely N-dealkylation sites (tertiary alicyclic amines) is 1. The summed E-state index contributed by atoms with van der Waals surface area (Å²) in [4.78, 5) is 26.5. The van der Waals surface area contributed by atoms with Crippen LogP contribution in [0.4, 0.5) is 26.3 Å². The Hall–Kier alpha value is -2.30. The lowest BCUT2D eigenvalue weighted by molar-refractivity contribution is -0.143. The zero-order chi connectivity index (χ0) is 25.6. The highest BCUT2D eigenvalue weighted by Crippen LogP contribution is 2.36. The highest BCUT2D eigenvalue weighted by molar-refractivity contribution is 5.79. The van der Waals surface area contributed by atoms with Gasteiger partial charge < -0.3 is 15.5 Å². The number of hydrogen-bond donors (Lipinski definition) is 2. The van der Waals surface area contributed by atoms with E-state index in [-0.39, 0.29) is 29.4 Å². The minimum absolute atomic E-state index is 0.0509. The molecule has 0 radical (unpaired) electrons. The summed E-state index contributed by atoms with van der Waals surface area (Å²) in [6.07, 6.45) is -4.71. The monoisotopic (exact) mass is 507 g/mol. The van der Waals surface area contributed by atoms with E-state index >= 15 is 0 Å². The van der Waals surface area contributed by atoms with Crippen molar-refractivity contribution < 1.29 is 35.9 Å². The molecule has 1 aliphatic heterocycles. The van der Waals surface area contributed by atoms with Crippen LogP contribution in [0.3, 0.4) is 0 Å². The first-order valence-corrected chi connectivity index (χ1v) is 12.0. The first-order chi connectivity index (χ1) is 16.4. The summed E-state index contributed by atoms with van der Waals surface area (Å²) in [6.45, 7) is 3.24. The molecule has 1 aliphatic carbocycles. The van der Waals surface area contributed by atoms with Gasteiger partial charge in [0.2, 0.25) is 11.8 Å². The predicted molar refractivity (Wildman–Crippen MR) is 117 cm³/mol. The van der Waals surface area contributed by atoms with Crippen molar-refractivity contribution >= 4 is 11.8 Å². The number of alkyl halides is 6. The maximum Gasteiger partial charge on any atom is 0.416 e. The number of rotatable bonds is 8. The fourth-order valence-corrected chi connectivity index (χ4v) is 4.71. The maximum absolute atomic E-state index is 13.0. The van der Waals surface area contributed by atoms with E-state index in [4.69, 9.17) is 0 Å². The SMILES string of the molecule is O=C(Cc1cc(C(F)(F)F)cc(C(F)(F)F)c1)NCC1CCN(CCNC(=O)C2CCCC2)CC1. The van der Waals surface area contributed by atoms with Crippen LogP contribution in [0.15, 0.2) is 18.2 Å². The molecule has 1 aromatic carbocycles. The van der Waals surface area contributed by atoms with Crippen molar-refractivity contribution in [3.05, 3.63) is 34.9 Å². The number of piperidine rings is 1. The second-order valence-corrected chi connectivity index (χ2v) is 9.45. The van der Waals surface area contributed by atoms with Crippen LogP contribution < -0.4 is 10.6 Å². The Balaban J connectivity index is 1.40. The lowest BCUT2D eigenvalue weighted by atomic mass is 9.96. The highest BCUT2D eigenvalue weighted by atomic mass is 19.4. The molecular formula is C24H31F6N3O2. The van der Waals surface area contributed by atoms with Gasteiger partial charge in [0.15, 0.2) is 0 Å². The molecule has 11 heteroatoms. The Morgan fingerprint density at radius 3 is 1.97 bits per heavy atom. The normalized spacial score (nSPS) is 18.6. The van der Waals surface area contributed by atoms with E-state index in [2.05, 4.69) is 15.5 Å². The summed E-state index contributed by atoms with van der Waals surface area (Å²) in [5.74, 6) is -0.173. The summed E-state index contributed by atoms with van der Waals surface area (Å²) in [7, 11) is 0. The smallest absolute Gasteiger partial charge is 0.356 e. The van der Waals surface area contributed by atoms with Crippen molar-refractivity contribution in [2.75, 3.05) is 32.7 Å². The molecule has 1 saturated carbocycles. The van der Waals surface area contributed by atoms with Crippen LogP contribution in [0.5, 0.6) is 0 Å². The lowest BCUT2D eigenvalue weighted by Gasteiger charge is -2.32. The molecule has 2 amide bonds. The topological polar surface area (TPSA) is 61.4 Å². The van der Waals surface area contributed by atoms with Crippen LogP contribution in [0.2, 0.25) is 0 Å². The van der Waals surface area contributed by atoms with Gasteiger partial charge in [-0.3, -0.25) is 9.59 Å². The van der Waals surface area contributed by atoms with Gasteiger partial charge in [0.05, 0.1) is 17.5 Å². The van der Waals surface area contributed by atoms with Crippen LogP contribution in [-0.4, -0.2) is 49.4 Å². The number of halogens is 6. The summed E-state index contributed by atoms with van der Waals surface area (Å²) in [5, 5.41) is 5.64. The van der Waals surface area contributed by atoms with Gasteiger partial charge in [-0.15, -0.1) is 0 Å². The standard InChI is InChI=1S/C24H31F6N3O2/c25-23(26,27)19-11-17(12-20(14-19)24(28,29)30)13-21(34)32-15-16-5-8-33(9-6-16)10-7-31-22(35)18-3-1-2-4-18/h11-12,14,16,18H,1-10,13,15H2,(H,31,35)(H,32,34). The van der Waals surface area contributed by atoms with Gasteiger partial charge >= 0.3 is 12.4 Å². The lowest BCUT2D eigenvalue weighted by Crippen LogP contribution is -2.42. The van der Waals surface area contributed by atoms with Crippen molar-refractivity contribution in [1.29, 1.82) is 0 Å². The summed E-state index contributed by atoms with van der Waals surface area (Å²) in [6, 6.07) is 1.22. The largest absolute Gasteiger partial charge is 0.416 e. The van der Waals surface area contributed by atoms with Gasteiger partial charge in [-0.2, -0.15) is 26.3 Å². The molecule has 0 aromatic heterocycles. The molecule has 35 heavy (non-hydrogen) atoms.